The van der Waals surface area contributed by atoms with E-state index in [-0.39, 0.29) is 0 Å². The first-order valence-corrected chi connectivity index (χ1v) is 6.00. The molecule has 80 valence electrons. The van der Waals surface area contributed by atoms with Gasteiger partial charge in [-0.05, 0) is 23.4 Å². The van der Waals surface area contributed by atoms with Crippen molar-refractivity contribution in [2.24, 2.45) is 0 Å². The molecule has 1 heteroatoms. The summed E-state index contributed by atoms with van der Waals surface area (Å²) < 4.78 is 0. The van der Waals surface area contributed by atoms with Crippen LogP contribution in [0.5, 0.6) is 0 Å². The van der Waals surface area contributed by atoms with E-state index in [1.165, 1.54) is 16.0 Å². The minimum atomic E-state index is 1.22. The molecule has 14 heavy (non-hydrogen) atoms. The Bertz CT molecular complexity index is 256. The summed E-state index contributed by atoms with van der Waals surface area (Å²) in [6.07, 6.45) is 3.75. The molecular formula is C13H22S. The molecule has 0 N–H and O–H groups in total. The van der Waals surface area contributed by atoms with E-state index in [0.29, 0.717) is 0 Å². The van der Waals surface area contributed by atoms with E-state index < -0.39 is 0 Å². The lowest BCUT2D eigenvalue weighted by molar-refractivity contribution is 1.50. The molecular weight excluding hydrogens is 188 g/mol. The summed E-state index contributed by atoms with van der Waals surface area (Å²) in [6.45, 7) is 17.5. The van der Waals surface area contributed by atoms with E-state index in [4.69, 9.17) is 0 Å². The van der Waals surface area contributed by atoms with E-state index in [1.54, 1.807) is 11.3 Å². The molecule has 1 aromatic rings. The molecule has 0 aliphatic carbocycles. The highest BCUT2D eigenvalue weighted by Gasteiger charge is 1.99. The Morgan fingerprint density at radius 1 is 1.07 bits per heavy atom. The van der Waals surface area contributed by atoms with E-state index in [9.17, 15) is 0 Å². The van der Waals surface area contributed by atoms with Crippen molar-refractivity contribution in [2.75, 3.05) is 0 Å². The Kier molecular flexibility index (Phi) is 11.5. The van der Waals surface area contributed by atoms with Gasteiger partial charge in [0.25, 0.3) is 0 Å². The van der Waals surface area contributed by atoms with Crippen molar-refractivity contribution in [3.05, 3.63) is 34.5 Å². The van der Waals surface area contributed by atoms with Gasteiger partial charge in [-0.1, -0.05) is 53.0 Å². The van der Waals surface area contributed by atoms with Crippen molar-refractivity contribution in [3.63, 3.8) is 0 Å². The van der Waals surface area contributed by atoms with Crippen molar-refractivity contribution in [1.29, 1.82) is 0 Å². The molecule has 0 aliphatic rings. The largest absolute Gasteiger partial charge is 0.144 e. The average Bonchev–Trinajstić information content (AvgIpc) is 2.64. The Hall–Kier alpha value is -0.820. The van der Waals surface area contributed by atoms with Gasteiger partial charge in [-0.3, -0.25) is 0 Å². The first-order chi connectivity index (χ1) is 6.79. The van der Waals surface area contributed by atoms with E-state index in [0.717, 1.165) is 0 Å². The van der Waals surface area contributed by atoms with Crippen molar-refractivity contribution < 1.29 is 0 Å². The number of hydrogen-bond acceptors (Lipinski definition) is 1. The molecule has 0 radical (unpaired) electrons. The van der Waals surface area contributed by atoms with Gasteiger partial charge in [0, 0.05) is 4.88 Å². The van der Waals surface area contributed by atoms with Gasteiger partial charge in [0.15, 0.2) is 0 Å². The summed E-state index contributed by atoms with van der Waals surface area (Å²) in [5.74, 6) is 0. The zero-order valence-corrected chi connectivity index (χ0v) is 10.9. The summed E-state index contributed by atoms with van der Waals surface area (Å²) in [5.41, 5.74) is 2.51. The second-order valence-corrected chi connectivity index (χ2v) is 3.02. The lowest BCUT2D eigenvalue weighted by Crippen LogP contribution is -1.72. The Balaban J connectivity index is 0. The third-order valence-electron chi connectivity index (χ3n) is 1.44. The van der Waals surface area contributed by atoms with Gasteiger partial charge < -0.3 is 0 Å². The van der Waals surface area contributed by atoms with Gasteiger partial charge in [0.1, 0.15) is 0 Å². The molecule has 1 rings (SSSR count). The third kappa shape index (κ3) is 4.43. The normalized spacial score (nSPS) is 7.50. The van der Waals surface area contributed by atoms with Gasteiger partial charge in [-0.2, -0.15) is 0 Å². The number of hydrogen-bond donors (Lipinski definition) is 0. The predicted octanol–water partition coefficient (Wildman–Crippen LogP) is 5.39. The predicted molar refractivity (Wildman–Crippen MR) is 71.9 cm³/mol. The first kappa shape index (κ1) is 15.6. The van der Waals surface area contributed by atoms with Gasteiger partial charge in [-0.25, -0.2) is 0 Å². The van der Waals surface area contributed by atoms with Crippen LogP contribution in [0.25, 0.3) is 12.2 Å². The summed E-state index contributed by atoms with van der Waals surface area (Å²) in [7, 11) is 0. The minimum Gasteiger partial charge on any atom is -0.144 e. The molecule has 0 saturated carbocycles. The van der Waals surface area contributed by atoms with Gasteiger partial charge in [0.2, 0.25) is 0 Å². The maximum Gasteiger partial charge on any atom is 0.0339 e. The monoisotopic (exact) mass is 210 g/mol. The van der Waals surface area contributed by atoms with Crippen LogP contribution in [0.4, 0.5) is 0 Å². The van der Waals surface area contributed by atoms with Crippen molar-refractivity contribution in [1.82, 2.24) is 0 Å². The van der Waals surface area contributed by atoms with Crippen LogP contribution < -0.4 is 0 Å². The molecule has 0 fully saturated rings. The van der Waals surface area contributed by atoms with Crippen LogP contribution in [0.15, 0.2) is 18.5 Å². The van der Waals surface area contributed by atoms with Crippen LogP contribution in [-0.2, 0) is 0 Å². The average molecular weight is 210 g/mol. The summed E-state index contributed by atoms with van der Waals surface area (Å²) >= 11 is 1.71. The molecule has 0 nitrogen and oxygen atoms in total. The molecule has 1 aromatic heterocycles. The van der Waals surface area contributed by atoms with Crippen LogP contribution in [-0.4, -0.2) is 0 Å². The van der Waals surface area contributed by atoms with Crippen LogP contribution >= 0.6 is 11.3 Å². The quantitative estimate of drug-likeness (QED) is 0.613. The summed E-state index contributed by atoms with van der Waals surface area (Å²) in [6, 6.07) is 0. The fourth-order valence-electron chi connectivity index (χ4n) is 0.893. The highest BCUT2D eigenvalue weighted by atomic mass is 32.1. The van der Waals surface area contributed by atoms with Gasteiger partial charge in [0.05, 0.1) is 0 Å². The Labute approximate surface area is 93.0 Å². The zero-order valence-electron chi connectivity index (χ0n) is 10.1. The fourth-order valence-corrected chi connectivity index (χ4v) is 1.79. The van der Waals surface area contributed by atoms with Gasteiger partial charge in [-0.15, -0.1) is 11.3 Å². The molecule has 1 heterocycles. The van der Waals surface area contributed by atoms with E-state index in [1.807, 2.05) is 39.8 Å². The Morgan fingerprint density at radius 2 is 1.57 bits per heavy atom. The molecule has 0 saturated heterocycles. The van der Waals surface area contributed by atoms with E-state index >= 15 is 0 Å². The topological polar surface area (TPSA) is 0 Å². The molecule has 0 bridgehead atoms. The second-order valence-electron chi connectivity index (χ2n) is 2.10. The van der Waals surface area contributed by atoms with Crippen molar-refractivity contribution in [2.45, 2.75) is 34.6 Å². The number of aryl methyl sites for hydroxylation is 1. The first-order valence-electron chi connectivity index (χ1n) is 5.12. The zero-order chi connectivity index (χ0) is 11.6. The van der Waals surface area contributed by atoms with E-state index in [2.05, 4.69) is 25.5 Å². The summed E-state index contributed by atoms with van der Waals surface area (Å²) in [5, 5.41) is 2.12. The summed E-state index contributed by atoms with van der Waals surface area (Å²) in [4.78, 5) is 1.22. The molecule has 0 spiro atoms. The fraction of sp³-hybridized carbons (Fsp3) is 0.385. The lowest BCUT2D eigenvalue weighted by atomic mass is 10.2. The number of thiophene rings is 1. The van der Waals surface area contributed by atoms with Crippen molar-refractivity contribution in [3.8, 4) is 0 Å². The van der Waals surface area contributed by atoms with Crippen LogP contribution in [0.1, 0.15) is 43.7 Å². The van der Waals surface area contributed by atoms with Crippen LogP contribution in [0.2, 0.25) is 0 Å². The smallest absolute Gasteiger partial charge is 0.0339 e. The van der Waals surface area contributed by atoms with Gasteiger partial charge >= 0.3 is 0 Å². The number of rotatable bonds is 2. The molecule has 0 aliphatic heterocycles. The maximum atomic E-state index is 3.73. The standard InChI is InChI=1S/C9H10S.2C2H6/c1-4-8-7(3)6-10-9(8)5-2;2*1-2/h4-6H,1-2H2,3H3;2*1-2H3. The highest BCUT2D eigenvalue weighted by molar-refractivity contribution is 7.11. The van der Waals surface area contributed by atoms with Crippen LogP contribution in [0.3, 0.4) is 0 Å². The maximum absolute atomic E-state index is 3.73. The third-order valence-corrected chi connectivity index (χ3v) is 2.55. The Morgan fingerprint density at radius 3 is 1.86 bits per heavy atom. The van der Waals surface area contributed by atoms with Crippen molar-refractivity contribution >= 4 is 23.5 Å². The SMILES string of the molecule is C=Cc1scc(C)c1C=C.CC.CC. The lowest BCUT2D eigenvalue weighted by Gasteiger charge is -1.90. The molecule has 0 unspecified atom stereocenters. The molecule has 0 aromatic carbocycles. The second kappa shape index (κ2) is 10.3. The van der Waals surface area contributed by atoms with Crippen LogP contribution in [0, 0.1) is 6.92 Å². The minimum absolute atomic E-state index is 1.22. The molecule has 0 atom stereocenters. The molecule has 0 amide bonds. The highest BCUT2D eigenvalue weighted by Crippen LogP contribution is 2.23.